The van der Waals surface area contributed by atoms with Crippen LogP contribution in [0.5, 0.6) is 0 Å². The first-order valence-electron chi connectivity index (χ1n) is 5.95. The Morgan fingerprint density at radius 2 is 2.12 bits per heavy atom. The van der Waals surface area contributed by atoms with Gasteiger partial charge in [-0.1, -0.05) is 13.8 Å². The average Bonchev–Trinajstić information content (AvgIpc) is 2.61. The van der Waals surface area contributed by atoms with E-state index in [0.717, 1.165) is 23.1 Å². The zero-order valence-corrected chi connectivity index (χ0v) is 12.1. The molecule has 1 heterocycles. The Morgan fingerprint density at radius 3 is 2.82 bits per heavy atom. The van der Waals surface area contributed by atoms with Gasteiger partial charge in [0.15, 0.2) is 0 Å². The predicted octanol–water partition coefficient (Wildman–Crippen LogP) is 4.25. The third-order valence-electron chi connectivity index (χ3n) is 2.72. The van der Waals surface area contributed by atoms with E-state index in [-0.39, 0.29) is 0 Å². The Balaban J connectivity index is 2.23. The van der Waals surface area contributed by atoms with Gasteiger partial charge in [-0.15, -0.1) is 0 Å². The predicted molar refractivity (Wildman–Crippen MR) is 75.2 cm³/mol. The minimum Gasteiger partial charge on any atom is -0.463 e. The summed E-state index contributed by atoms with van der Waals surface area (Å²) in [6, 6.07) is 4.26. The first-order valence-corrected chi connectivity index (χ1v) is 6.74. The Labute approximate surface area is 111 Å². The van der Waals surface area contributed by atoms with Crippen LogP contribution < -0.4 is 5.32 Å². The van der Waals surface area contributed by atoms with Crippen molar-refractivity contribution in [2.45, 2.75) is 27.3 Å². The molecule has 0 aliphatic carbocycles. The number of rotatable bonds is 4. The first kappa shape index (κ1) is 12.7. The highest BCUT2D eigenvalue weighted by molar-refractivity contribution is 9.10. The van der Waals surface area contributed by atoms with Gasteiger partial charge in [-0.2, -0.15) is 0 Å². The number of furan rings is 1. The van der Waals surface area contributed by atoms with E-state index in [9.17, 15) is 0 Å². The molecule has 92 valence electrons. The van der Waals surface area contributed by atoms with Gasteiger partial charge in [-0.3, -0.25) is 0 Å². The van der Waals surface area contributed by atoms with Gasteiger partial charge in [-0.25, -0.2) is 0 Å². The topological polar surface area (TPSA) is 25.2 Å². The highest BCUT2D eigenvalue weighted by Crippen LogP contribution is 2.29. The molecule has 0 saturated heterocycles. The monoisotopic (exact) mass is 295 g/mol. The Hall–Kier alpha value is -0.800. The Kier molecular flexibility index (Phi) is 3.89. The molecule has 0 bridgehead atoms. The molecule has 0 radical (unpaired) electrons. The van der Waals surface area contributed by atoms with E-state index in [2.05, 4.69) is 54.2 Å². The largest absolute Gasteiger partial charge is 0.463 e. The molecule has 2 nitrogen and oxygen atoms in total. The van der Waals surface area contributed by atoms with Crippen LogP contribution in [-0.4, -0.2) is 6.54 Å². The molecule has 3 heteroatoms. The highest BCUT2D eigenvalue weighted by atomic mass is 79.9. The van der Waals surface area contributed by atoms with Crippen LogP contribution in [-0.2, 0) is 6.54 Å². The molecule has 0 fully saturated rings. The minimum atomic E-state index is 0.668. The number of aryl methyl sites for hydroxylation is 1. The summed E-state index contributed by atoms with van der Waals surface area (Å²) in [7, 11) is 0. The molecular formula is C14H18BrNO. The fraction of sp³-hybridized carbons (Fsp3) is 0.429. The third kappa shape index (κ3) is 2.90. The van der Waals surface area contributed by atoms with Crippen LogP contribution in [0.3, 0.4) is 0 Å². The summed E-state index contributed by atoms with van der Waals surface area (Å²) >= 11 is 3.54. The zero-order valence-electron chi connectivity index (χ0n) is 10.5. The Morgan fingerprint density at radius 1 is 1.35 bits per heavy atom. The second kappa shape index (κ2) is 5.23. The normalized spacial score (nSPS) is 11.6. The van der Waals surface area contributed by atoms with Gasteiger partial charge < -0.3 is 9.73 Å². The quantitative estimate of drug-likeness (QED) is 0.912. The fourth-order valence-corrected chi connectivity index (χ4v) is 2.58. The standard InChI is InChI=1S/C14H18BrNO/c1-9(2)6-16-7-11-8-17-14-12(11)4-10(3)5-13(14)15/h4-5,8-9,16H,6-7H2,1-3H3. The van der Waals surface area contributed by atoms with Crippen molar-refractivity contribution in [3.8, 4) is 0 Å². The molecule has 0 amide bonds. The summed E-state index contributed by atoms with van der Waals surface area (Å²) in [6.45, 7) is 8.41. The van der Waals surface area contributed by atoms with Crippen molar-refractivity contribution in [1.29, 1.82) is 0 Å². The molecule has 0 unspecified atom stereocenters. The third-order valence-corrected chi connectivity index (χ3v) is 3.31. The molecule has 0 atom stereocenters. The molecule has 2 aromatic rings. The van der Waals surface area contributed by atoms with E-state index >= 15 is 0 Å². The van der Waals surface area contributed by atoms with Crippen molar-refractivity contribution in [3.05, 3.63) is 34.0 Å². The summed E-state index contributed by atoms with van der Waals surface area (Å²) < 4.78 is 6.64. The van der Waals surface area contributed by atoms with E-state index in [0.29, 0.717) is 5.92 Å². The van der Waals surface area contributed by atoms with Crippen LogP contribution in [0.15, 0.2) is 27.3 Å². The van der Waals surface area contributed by atoms with Crippen LogP contribution in [0, 0.1) is 12.8 Å². The number of hydrogen-bond acceptors (Lipinski definition) is 2. The van der Waals surface area contributed by atoms with E-state index < -0.39 is 0 Å². The van der Waals surface area contributed by atoms with Gasteiger partial charge in [0.2, 0.25) is 0 Å². The summed E-state index contributed by atoms with van der Waals surface area (Å²) in [5, 5.41) is 4.64. The molecule has 17 heavy (non-hydrogen) atoms. The van der Waals surface area contributed by atoms with E-state index in [1.54, 1.807) is 0 Å². The summed E-state index contributed by atoms with van der Waals surface area (Å²) in [4.78, 5) is 0. The number of fused-ring (bicyclic) bond motifs is 1. The number of halogens is 1. The summed E-state index contributed by atoms with van der Waals surface area (Å²) in [5.74, 6) is 0.668. The van der Waals surface area contributed by atoms with Crippen LogP contribution in [0.2, 0.25) is 0 Å². The van der Waals surface area contributed by atoms with E-state index in [1.807, 2.05) is 6.26 Å². The number of benzene rings is 1. The van der Waals surface area contributed by atoms with Crippen LogP contribution in [0.25, 0.3) is 11.0 Å². The van der Waals surface area contributed by atoms with Gasteiger partial charge in [-0.05, 0) is 53.0 Å². The van der Waals surface area contributed by atoms with Crippen molar-refractivity contribution in [1.82, 2.24) is 5.32 Å². The molecule has 1 aromatic carbocycles. The lowest BCUT2D eigenvalue weighted by atomic mass is 10.1. The molecular weight excluding hydrogens is 278 g/mol. The number of hydrogen-bond donors (Lipinski definition) is 1. The highest BCUT2D eigenvalue weighted by Gasteiger charge is 2.09. The van der Waals surface area contributed by atoms with Gasteiger partial charge >= 0.3 is 0 Å². The van der Waals surface area contributed by atoms with Crippen molar-refractivity contribution in [2.75, 3.05) is 6.54 Å². The van der Waals surface area contributed by atoms with E-state index in [1.165, 1.54) is 16.5 Å². The number of nitrogens with one attached hydrogen (secondary N) is 1. The zero-order chi connectivity index (χ0) is 12.4. The van der Waals surface area contributed by atoms with E-state index in [4.69, 9.17) is 4.42 Å². The lowest BCUT2D eigenvalue weighted by Gasteiger charge is -2.06. The summed E-state index contributed by atoms with van der Waals surface area (Å²) in [5.41, 5.74) is 3.41. The van der Waals surface area contributed by atoms with Gasteiger partial charge in [0.05, 0.1) is 10.7 Å². The minimum absolute atomic E-state index is 0.668. The molecule has 2 rings (SSSR count). The molecule has 0 aliphatic rings. The first-order chi connectivity index (χ1) is 8.08. The molecule has 0 aliphatic heterocycles. The van der Waals surface area contributed by atoms with Crippen LogP contribution >= 0.6 is 15.9 Å². The van der Waals surface area contributed by atoms with Gasteiger partial charge in [0.1, 0.15) is 5.58 Å². The Bertz CT molecular complexity index is 516. The lowest BCUT2D eigenvalue weighted by Crippen LogP contribution is -2.18. The maximum atomic E-state index is 5.61. The maximum Gasteiger partial charge on any atom is 0.148 e. The van der Waals surface area contributed by atoms with Gasteiger partial charge in [0.25, 0.3) is 0 Å². The smallest absolute Gasteiger partial charge is 0.148 e. The molecule has 0 spiro atoms. The van der Waals surface area contributed by atoms with Gasteiger partial charge in [0, 0.05) is 17.5 Å². The average molecular weight is 296 g/mol. The van der Waals surface area contributed by atoms with Crippen molar-refractivity contribution in [2.24, 2.45) is 5.92 Å². The SMILES string of the molecule is Cc1cc(Br)c2occ(CNCC(C)C)c2c1. The molecule has 1 N–H and O–H groups in total. The van der Waals surface area contributed by atoms with Crippen molar-refractivity contribution in [3.63, 3.8) is 0 Å². The van der Waals surface area contributed by atoms with Crippen LogP contribution in [0.1, 0.15) is 25.0 Å². The second-order valence-corrected chi connectivity index (χ2v) is 5.76. The molecule has 0 saturated carbocycles. The molecule has 1 aromatic heterocycles. The second-order valence-electron chi connectivity index (χ2n) is 4.91. The summed E-state index contributed by atoms with van der Waals surface area (Å²) in [6.07, 6.45) is 1.85. The fourth-order valence-electron chi connectivity index (χ4n) is 1.91. The van der Waals surface area contributed by atoms with Crippen molar-refractivity contribution < 1.29 is 4.42 Å². The van der Waals surface area contributed by atoms with Crippen molar-refractivity contribution >= 4 is 26.9 Å². The maximum absolute atomic E-state index is 5.61. The van der Waals surface area contributed by atoms with Crippen LogP contribution in [0.4, 0.5) is 0 Å². The lowest BCUT2D eigenvalue weighted by molar-refractivity contribution is 0.546.